The molecule has 2 aromatic rings. The lowest BCUT2D eigenvalue weighted by Crippen LogP contribution is -2.30. The summed E-state index contributed by atoms with van der Waals surface area (Å²) in [6, 6.07) is 3.30. The third kappa shape index (κ3) is 4.10. The Hall–Kier alpha value is -2.57. The van der Waals surface area contributed by atoms with Gasteiger partial charge in [0.05, 0.1) is 12.8 Å². The standard InChI is InChI=1S/C13H11BF2N2O6S/c1-24-13(19)12-9(15)4-8(5-10(12)16)18-25(22,23)11-3-2-7(6-17-11)14(20)21/h2-6,18,20-21H,1H3. The predicted octanol–water partition coefficient (Wildman–Crippen LogP) is -0.373. The van der Waals surface area contributed by atoms with Gasteiger partial charge in [0.25, 0.3) is 10.0 Å². The highest BCUT2D eigenvalue weighted by Crippen LogP contribution is 2.21. The zero-order chi connectivity index (χ0) is 18.8. The molecule has 0 saturated carbocycles. The molecular formula is C13H11BF2N2O6S. The van der Waals surface area contributed by atoms with Crippen LogP contribution in [-0.4, -0.2) is 43.6 Å². The van der Waals surface area contributed by atoms with Crippen molar-refractivity contribution in [3.05, 3.63) is 47.7 Å². The summed E-state index contributed by atoms with van der Waals surface area (Å²) in [4.78, 5) is 14.8. The molecule has 0 spiro atoms. The van der Waals surface area contributed by atoms with Gasteiger partial charge in [0.15, 0.2) is 5.03 Å². The Morgan fingerprint density at radius 2 is 1.84 bits per heavy atom. The minimum atomic E-state index is -4.30. The summed E-state index contributed by atoms with van der Waals surface area (Å²) in [5.41, 5.74) is -1.47. The second kappa shape index (κ2) is 7.13. The van der Waals surface area contributed by atoms with E-state index in [4.69, 9.17) is 10.0 Å². The van der Waals surface area contributed by atoms with Crippen molar-refractivity contribution in [2.45, 2.75) is 5.03 Å². The van der Waals surface area contributed by atoms with Crippen LogP contribution in [0.5, 0.6) is 0 Å². The van der Waals surface area contributed by atoms with E-state index in [1.165, 1.54) is 0 Å². The van der Waals surface area contributed by atoms with Gasteiger partial charge in [-0.1, -0.05) is 6.07 Å². The average molecular weight is 372 g/mol. The number of benzene rings is 1. The number of hydrogen-bond acceptors (Lipinski definition) is 7. The number of nitrogens with zero attached hydrogens (tertiary/aromatic N) is 1. The Morgan fingerprint density at radius 3 is 2.28 bits per heavy atom. The van der Waals surface area contributed by atoms with Gasteiger partial charge in [-0.3, -0.25) is 4.72 Å². The highest BCUT2D eigenvalue weighted by atomic mass is 32.2. The lowest BCUT2D eigenvalue weighted by atomic mass is 9.82. The van der Waals surface area contributed by atoms with E-state index in [-0.39, 0.29) is 5.46 Å². The zero-order valence-electron chi connectivity index (χ0n) is 12.6. The fraction of sp³-hybridized carbons (Fsp3) is 0.0769. The first kappa shape index (κ1) is 18.8. The first-order valence-corrected chi connectivity index (χ1v) is 8.06. The number of pyridine rings is 1. The van der Waals surface area contributed by atoms with Crippen molar-refractivity contribution in [3.63, 3.8) is 0 Å². The number of nitrogens with one attached hydrogen (secondary N) is 1. The molecule has 1 heterocycles. The molecule has 1 aromatic heterocycles. The first-order chi connectivity index (χ1) is 11.7. The summed E-state index contributed by atoms with van der Waals surface area (Å²) in [6.07, 6.45) is 0.917. The SMILES string of the molecule is COC(=O)c1c(F)cc(NS(=O)(=O)c2ccc(B(O)O)cn2)cc1F. The molecule has 1 aromatic carbocycles. The van der Waals surface area contributed by atoms with E-state index in [0.29, 0.717) is 12.1 Å². The van der Waals surface area contributed by atoms with Crippen LogP contribution in [0.1, 0.15) is 10.4 Å². The summed E-state index contributed by atoms with van der Waals surface area (Å²) in [7, 11) is -5.19. The second-order valence-corrected chi connectivity index (χ2v) is 6.34. The minimum absolute atomic E-state index is 0.0431. The Kier molecular flexibility index (Phi) is 5.35. The topological polar surface area (TPSA) is 126 Å². The van der Waals surface area contributed by atoms with E-state index in [1.54, 1.807) is 0 Å². The normalized spacial score (nSPS) is 11.1. The lowest BCUT2D eigenvalue weighted by Gasteiger charge is -2.10. The molecule has 0 unspecified atom stereocenters. The van der Waals surface area contributed by atoms with Crippen LogP contribution in [0.15, 0.2) is 35.5 Å². The van der Waals surface area contributed by atoms with E-state index in [2.05, 4.69) is 9.72 Å². The fourth-order valence-electron chi connectivity index (χ4n) is 1.84. The number of carbonyl (C=O) groups is 1. The largest absolute Gasteiger partial charge is 0.490 e. The van der Waals surface area contributed by atoms with E-state index in [9.17, 15) is 22.0 Å². The number of anilines is 1. The van der Waals surface area contributed by atoms with Crippen molar-refractivity contribution in [3.8, 4) is 0 Å². The third-order valence-corrected chi connectivity index (χ3v) is 4.31. The van der Waals surface area contributed by atoms with Crippen LogP contribution >= 0.6 is 0 Å². The molecule has 0 aliphatic carbocycles. The van der Waals surface area contributed by atoms with E-state index in [0.717, 1.165) is 25.4 Å². The van der Waals surface area contributed by atoms with Crippen LogP contribution in [-0.2, 0) is 14.8 Å². The van der Waals surface area contributed by atoms with Gasteiger partial charge in [-0.2, -0.15) is 8.42 Å². The van der Waals surface area contributed by atoms with Crippen molar-refractivity contribution >= 4 is 34.3 Å². The molecule has 0 aliphatic heterocycles. The molecule has 3 N–H and O–H groups in total. The van der Waals surface area contributed by atoms with Gasteiger partial charge >= 0.3 is 13.1 Å². The van der Waals surface area contributed by atoms with E-state index >= 15 is 0 Å². The maximum absolute atomic E-state index is 13.8. The lowest BCUT2D eigenvalue weighted by molar-refractivity contribution is 0.0590. The second-order valence-electron chi connectivity index (χ2n) is 4.72. The highest BCUT2D eigenvalue weighted by molar-refractivity contribution is 7.92. The Labute approximate surface area is 141 Å². The molecule has 0 amide bonds. The van der Waals surface area contributed by atoms with Crippen LogP contribution in [0.4, 0.5) is 14.5 Å². The molecule has 12 heteroatoms. The minimum Gasteiger partial charge on any atom is -0.465 e. The number of halogens is 2. The third-order valence-electron chi connectivity index (χ3n) is 3.02. The van der Waals surface area contributed by atoms with Crippen molar-refractivity contribution in [1.29, 1.82) is 0 Å². The number of methoxy groups -OCH3 is 1. The van der Waals surface area contributed by atoms with Crippen molar-refractivity contribution in [2.75, 3.05) is 11.8 Å². The number of ether oxygens (including phenoxy) is 1. The summed E-state index contributed by atoms with van der Waals surface area (Å²) in [6.45, 7) is 0. The first-order valence-electron chi connectivity index (χ1n) is 6.58. The van der Waals surface area contributed by atoms with E-state index in [1.807, 2.05) is 4.72 Å². The summed E-state index contributed by atoms with van der Waals surface area (Å²) in [5.74, 6) is -3.86. The Morgan fingerprint density at radius 1 is 1.24 bits per heavy atom. The van der Waals surface area contributed by atoms with Crippen molar-refractivity contribution in [2.24, 2.45) is 0 Å². The van der Waals surface area contributed by atoms with Gasteiger partial charge < -0.3 is 14.8 Å². The maximum atomic E-state index is 13.8. The van der Waals surface area contributed by atoms with Crippen LogP contribution in [0.2, 0.25) is 0 Å². The number of aromatic nitrogens is 1. The predicted molar refractivity (Wildman–Crippen MR) is 82.6 cm³/mol. The molecule has 132 valence electrons. The average Bonchev–Trinajstić information content (AvgIpc) is 2.53. The van der Waals surface area contributed by atoms with Crippen LogP contribution < -0.4 is 10.2 Å². The van der Waals surface area contributed by atoms with Crippen LogP contribution in [0, 0.1) is 11.6 Å². The van der Waals surface area contributed by atoms with Gasteiger partial charge in [0, 0.05) is 11.7 Å². The number of sulfonamides is 1. The highest BCUT2D eigenvalue weighted by Gasteiger charge is 2.23. The number of carbonyl (C=O) groups excluding carboxylic acids is 1. The van der Waals surface area contributed by atoms with E-state index < -0.39 is 51.0 Å². The molecule has 0 atom stereocenters. The summed E-state index contributed by atoms with van der Waals surface area (Å²) in [5, 5.41) is 17.3. The smallest absolute Gasteiger partial charge is 0.465 e. The number of esters is 1. The van der Waals surface area contributed by atoms with Gasteiger partial charge in [-0.25, -0.2) is 18.6 Å². The Balaban J connectivity index is 2.33. The number of rotatable bonds is 5. The van der Waals surface area contributed by atoms with Crippen LogP contribution in [0.25, 0.3) is 0 Å². The molecule has 8 nitrogen and oxygen atoms in total. The van der Waals surface area contributed by atoms with Crippen LogP contribution in [0.3, 0.4) is 0 Å². The molecular weight excluding hydrogens is 361 g/mol. The maximum Gasteiger partial charge on any atom is 0.490 e. The molecule has 0 aliphatic rings. The van der Waals surface area contributed by atoms with Gasteiger partial charge in [-0.15, -0.1) is 0 Å². The van der Waals surface area contributed by atoms with Gasteiger partial charge in [-0.05, 0) is 18.2 Å². The monoisotopic (exact) mass is 372 g/mol. The van der Waals surface area contributed by atoms with Gasteiger partial charge in [0.1, 0.15) is 17.2 Å². The molecule has 0 radical (unpaired) electrons. The van der Waals surface area contributed by atoms with Crippen molar-refractivity contribution < 1.29 is 36.8 Å². The molecule has 2 rings (SSSR count). The van der Waals surface area contributed by atoms with Gasteiger partial charge in [0.2, 0.25) is 0 Å². The molecule has 0 bridgehead atoms. The fourth-order valence-corrected chi connectivity index (χ4v) is 2.81. The van der Waals surface area contributed by atoms with Crippen molar-refractivity contribution in [1.82, 2.24) is 4.98 Å². The summed E-state index contributed by atoms with van der Waals surface area (Å²) < 4.78 is 58.1. The number of hydrogen-bond donors (Lipinski definition) is 3. The zero-order valence-corrected chi connectivity index (χ0v) is 13.4. The Bertz CT molecular complexity index is 882. The quantitative estimate of drug-likeness (QED) is 0.483. The molecule has 0 saturated heterocycles. The molecule has 25 heavy (non-hydrogen) atoms. The summed E-state index contributed by atoms with van der Waals surface area (Å²) >= 11 is 0. The molecule has 0 fully saturated rings.